The van der Waals surface area contributed by atoms with Crippen LogP contribution in [0.15, 0.2) is 75.7 Å². The van der Waals surface area contributed by atoms with Crippen LogP contribution in [0.3, 0.4) is 0 Å². The molecule has 4 heteroatoms. The normalized spacial score (nSPS) is 12.1. The Hall–Kier alpha value is -3.92. The van der Waals surface area contributed by atoms with Crippen LogP contribution >= 0.6 is 0 Å². The van der Waals surface area contributed by atoms with Gasteiger partial charge in [-0.3, -0.25) is 4.98 Å². The van der Waals surface area contributed by atoms with Crippen molar-refractivity contribution in [1.82, 2.24) is 9.97 Å². The first-order valence-corrected chi connectivity index (χ1v) is 12.2. The Morgan fingerprint density at radius 1 is 0.771 bits per heavy atom. The molecule has 0 aliphatic rings. The van der Waals surface area contributed by atoms with E-state index < -0.39 is 0 Å². The lowest BCUT2D eigenvalue weighted by molar-refractivity contribution is 0.631. The molecule has 0 bridgehead atoms. The lowest BCUT2D eigenvalue weighted by Gasteiger charge is -2.13. The molecule has 0 unspecified atom stereocenters. The first kappa shape index (κ1) is 21.6. The Labute approximate surface area is 204 Å². The molecule has 2 aromatic carbocycles. The van der Waals surface area contributed by atoms with Crippen LogP contribution in [0.5, 0.6) is 0 Å². The molecule has 0 amide bonds. The molecule has 0 aliphatic carbocycles. The van der Waals surface area contributed by atoms with Gasteiger partial charge in [-0.15, -0.1) is 0 Å². The van der Waals surface area contributed by atoms with Crippen LogP contribution in [0, 0.1) is 6.92 Å². The second-order valence-corrected chi connectivity index (χ2v) is 10.0. The zero-order valence-electron chi connectivity index (χ0n) is 20.7. The lowest BCUT2D eigenvalue weighted by atomic mass is 9.92. The van der Waals surface area contributed by atoms with Crippen LogP contribution in [-0.2, 0) is 0 Å². The van der Waals surface area contributed by atoms with Gasteiger partial charge in [-0.2, -0.15) is 0 Å². The van der Waals surface area contributed by atoms with Gasteiger partial charge < -0.3 is 8.83 Å². The van der Waals surface area contributed by atoms with Gasteiger partial charge in [0, 0.05) is 45.2 Å². The van der Waals surface area contributed by atoms with Crippen LogP contribution in [-0.4, -0.2) is 9.97 Å². The summed E-state index contributed by atoms with van der Waals surface area (Å²) in [6.07, 6.45) is 1.89. The fourth-order valence-electron chi connectivity index (χ4n) is 4.68. The third-order valence-electron chi connectivity index (χ3n) is 6.78. The molecular weight excluding hydrogens is 432 g/mol. The van der Waals surface area contributed by atoms with Crippen LogP contribution in [0.2, 0.25) is 0 Å². The molecule has 6 rings (SSSR count). The van der Waals surface area contributed by atoms with E-state index in [4.69, 9.17) is 13.8 Å². The Morgan fingerprint density at radius 2 is 1.54 bits per heavy atom. The van der Waals surface area contributed by atoms with E-state index in [1.54, 1.807) is 0 Å². The van der Waals surface area contributed by atoms with E-state index >= 15 is 0 Å². The molecule has 4 heterocycles. The predicted octanol–water partition coefficient (Wildman–Crippen LogP) is 9.01. The van der Waals surface area contributed by atoms with Gasteiger partial charge in [0.25, 0.3) is 0 Å². The van der Waals surface area contributed by atoms with Gasteiger partial charge in [0.2, 0.25) is 5.71 Å². The van der Waals surface area contributed by atoms with Crippen molar-refractivity contribution in [2.45, 2.75) is 46.5 Å². The molecule has 0 aliphatic heterocycles. The van der Waals surface area contributed by atoms with Crippen molar-refractivity contribution in [2.24, 2.45) is 0 Å². The molecule has 4 aromatic heterocycles. The van der Waals surface area contributed by atoms with Gasteiger partial charge in [-0.05, 0) is 66.3 Å². The Balaban J connectivity index is 1.48. The second-order valence-electron chi connectivity index (χ2n) is 10.0. The number of furan rings is 2. The van der Waals surface area contributed by atoms with Crippen LogP contribution in [0.25, 0.3) is 55.6 Å². The molecule has 4 nitrogen and oxygen atoms in total. The minimum atomic E-state index is 0.452. The first-order chi connectivity index (χ1) is 16.9. The topological polar surface area (TPSA) is 52.1 Å². The predicted molar refractivity (Wildman–Crippen MR) is 143 cm³/mol. The summed E-state index contributed by atoms with van der Waals surface area (Å²) >= 11 is 0. The largest absolute Gasteiger partial charge is 0.456 e. The van der Waals surface area contributed by atoms with E-state index in [9.17, 15) is 0 Å². The minimum absolute atomic E-state index is 0.452. The third kappa shape index (κ3) is 3.70. The summed E-state index contributed by atoms with van der Waals surface area (Å²) in [5.74, 6) is 1.77. The highest BCUT2D eigenvalue weighted by Gasteiger charge is 2.16. The third-order valence-corrected chi connectivity index (χ3v) is 6.78. The fourth-order valence-corrected chi connectivity index (χ4v) is 4.68. The fraction of sp³-hybridized carbons (Fsp3) is 0.226. The van der Waals surface area contributed by atoms with Crippen molar-refractivity contribution >= 4 is 33.0 Å². The zero-order chi connectivity index (χ0) is 24.3. The molecule has 0 spiro atoms. The quantitative estimate of drug-likeness (QED) is 0.263. The van der Waals surface area contributed by atoms with Crippen molar-refractivity contribution in [2.75, 3.05) is 0 Å². The molecule has 0 N–H and O–H groups in total. The molecule has 0 atom stereocenters. The van der Waals surface area contributed by atoms with E-state index in [1.165, 1.54) is 11.1 Å². The van der Waals surface area contributed by atoms with Crippen molar-refractivity contribution in [3.05, 3.63) is 83.7 Å². The van der Waals surface area contributed by atoms with E-state index in [0.717, 1.165) is 55.6 Å². The summed E-state index contributed by atoms with van der Waals surface area (Å²) in [6, 6.07) is 21.1. The van der Waals surface area contributed by atoms with E-state index in [1.807, 2.05) is 37.4 Å². The summed E-state index contributed by atoms with van der Waals surface area (Å²) in [5.41, 5.74) is 8.71. The molecule has 35 heavy (non-hydrogen) atoms. The van der Waals surface area contributed by atoms with Crippen molar-refractivity contribution in [3.63, 3.8) is 0 Å². The molecule has 0 saturated carbocycles. The van der Waals surface area contributed by atoms with Crippen molar-refractivity contribution < 1.29 is 8.83 Å². The molecular formula is C31H28N2O2. The van der Waals surface area contributed by atoms with Crippen molar-refractivity contribution in [1.29, 1.82) is 0 Å². The first-order valence-electron chi connectivity index (χ1n) is 12.2. The Kier molecular flexibility index (Phi) is 4.99. The smallest absolute Gasteiger partial charge is 0.227 e. The number of pyridine rings is 2. The SMILES string of the molecule is Cc1ccc2c(n1)oc1c(-c3cc4oc(-c5cc(C(C)C)cc(C(C)C)c5)cc4cn3)cccc12. The molecule has 0 fully saturated rings. The number of benzene rings is 2. The van der Waals surface area contributed by atoms with Crippen LogP contribution < -0.4 is 0 Å². The van der Waals surface area contributed by atoms with Crippen molar-refractivity contribution in [3.8, 4) is 22.6 Å². The molecule has 6 aromatic rings. The van der Waals surface area contributed by atoms with Gasteiger partial charge in [-0.25, -0.2) is 4.98 Å². The van der Waals surface area contributed by atoms with Crippen LogP contribution in [0.4, 0.5) is 0 Å². The molecule has 0 saturated heterocycles. The van der Waals surface area contributed by atoms with E-state index in [-0.39, 0.29) is 0 Å². The highest BCUT2D eigenvalue weighted by atomic mass is 16.3. The Morgan fingerprint density at radius 3 is 2.29 bits per heavy atom. The standard InChI is InChI=1S/C31H28N2O2/c1-17(2)20-11-21(18(3)4)13-22(12-20)28-14-23-16-32-27(15-29(23)34-28)26-8-6-7-24-25-10-9-19(5)33-31(25)35-30(24)26/h6-18H,1-5H3. The number of fused-ring (bicyclic) bond motifs is 4. The Bertz CT molecular complexity index is 1690. The average Bonchev–Trinajstić information content (AvgIpc) is 3.44. The van der Waals surface area contributed by atoms with Gasteiger partial charge in [0.1, 0.15) is 16.9 Å². The van der Waals surface area contributed by atoms with Gasteiger partial charge >= 0.3 is 0 Å². The number of hydrogen-bond donors (Lipinski definition) is 0. The maximum absolute atomic E-state index is 6.39. The zero-order valence-corrected chi connectivity index (χ0v) is 20.7. The second kappa shape index (κ2) is 8.09. The van der Waals surface area contributed by atoms with Gasteiger partial charge in [-0.1, -0.05) is 45.9 Å². The summed E-state index contributed by atoms with van der Waals surface area (Å²) in [7, 11) is 0. The molecule has 0 radical (unpaired) electrons. The summed E-state index contributed by atoms with van der Waals surface area (Å²) < 4.78 is 12.6. The number of nitrogens with zero attached hydrogens (tertiary/aromatic N) is 2. The van der Waals surface area contributed by atoms with Gasteiger partial charge in [0.05, 0.1) is 5.69 Å². The van der Waals surface area contributed by atoms with E-state index in [2.05, 4.69) is 69.1 Å². The van der Waals surface area contributed by atoms with Crippen LogP contribution in [0.1, 0.15) is 56.4 Å². The van der Waals surface area contributed by atoms with Gasteiger partial charge in [0.15, 0.2) is 0 Å². The highest BCUT2D eigenvalue weighted by Crippen LogP contribution is 2.37. The molecule has 174 valence electrons. The number of rotatable bonds is 4. The average molecular weight is 461 g/mol. The summed E-state index contributed by atoms with van der Waals surface area (Å²) in [6.45, 7) is 10.9. The maximum Gasteiger partial charge on any atom is 0.227 e. The maximum atomic E-state index is 6.39. The summed E-state index contributed by atoms with van der Waals surface area (Å²) in [4.78, 5) is 9.34. The lowest BCUT2D eigenvalue weighted by Crippen LogP contribution is -1.94. The number of aryl methyl sites for hydroxylation is 1. The van der Waals surface area contributed by atoms with E-state index in [0.29, 0.717) is 17.5 Å². The number of para-hydroxylation sites is 1. The highest BCUT2D eigenvalue weighted by molar-refractivity contribution is 6.08. The summed E-state index contributed by atoms with van der Waals surface area (Å²) in [5, 5.41) is 3.04. The monoisotopic (exact) mass is 460 g/mol. The number of aromatic nitrogens is 2. The number of hydrogen-bond acceptors (Lipinski definition) is 4. The minimum Gasteiger partial charge on any atom is -0.456 e.